The van der Waals surface area contributed by atoms with Gasteiger partial charge in [0.2, 0.25) is 0 Å². The van der Waals surface area contributed by atoms with Gasteiger partial charge in [-0.25, -0.2) is 0 Å². The van der Waals surface area contributed by atoms with Gasteiger partial charge in [0.25, 0.3) is 5.91 Å². The Balaban J connectivity index is 1.97. The molecule has 0 radical (unpaired) electrons. The van der Waals surface area contributed by atoms with Crippen LogP contribution < -0.4 is 5.32 Å². The van der Waals surface area contributed by atoms with Crippen molar-refractivity contribution in [3.05, 3.63) is 59.9 Å². The lowest BCUT2D eigenvalue weighted by atomic mass is 10.1. The zero-order valence-electron chi connectivity index (χ0n) is 10.7. The van der Waals surface area contributed by atoms with Crippen LogP contribution in [0.25, 0.3) is 0 Å². The number of nitrogens with one attached hydrogen (secondary N) is 1. The van der Waals surface area contributed by atoms with Crippen molar-refractivity contribution in [1.82, 2.24) is 4.98 Å². The van der Waals surface area contributed by atoms with E-state index >= 15 is 0 Å². The molecule has 1 amide bonds. The zero-order valence-corrected chi connectivity index (χ0v) is 10.7. The summed E-state index contributed by atoms with van der Waals surface area (Å²) in [4.78, 5) is 26.3. The van der Waals surface area contributed by atoms with Crippen LogP contribution in [0, 0.1) is 0 Å². The molecule has 2 aromatic rings. The molecule has 2 rings (SSSR count). The zero-order chi connectivity index (χ0) is 14.4. The third kappa shape index (κ3) is 3.91. The first-order valence-corrected chi connectivity index (χ1v) is 6.18. The van der Waals surface area contributed by atoms with E-state index in [1.54, 1.807) is 48.7 Å². The number of carboxylic acid groups (broad SMARTS) is 1. The van der Waals surface area contributed by atoms with Crippen LogP contribution in [0.4, 0.5) is 5.69 Å². The first kappa shape index (κ1) is 13.7. The topological polar surface area (TPSA) is 79.3 Å². The number of rotatable bonds is 5. The molecule has 1 aromatic carbocycles. The fraction of sp³-hybridized carbons (Fsp3) is 0.133. The van der Waals surface area contributed by atoms with Crippen LogP contribution in [-0.4, -0.2) is 22.0 Å². The Labute approximate surface area is 116 Å². The first-order valence-electron chi connectivity index (χ1n) is 6.18. The molecule has 0 aliphatic rings. The fourth-order valence-electron chi connectivity index (χ4n) is 1.70. The van der Waals surface area contributed by atoms with Crippen molar-refractivity contribution in [2.24, 2.45) is 0 Å². The average molecular weight is 270 g/mol. The summed E-state index contributed by atoms with van der Waals surface area (Å²) in [5.74, 6) is -1.10. The molecule has 0 spiro atoms. The standard InChI is InChI=1S/C15H14N2O3/c18-14(19)9-6-11-4-7-12(8-5-11)17-15(20)13-3-1-2-10-16-13/h1-5,7-8,10H,6,9H2,(H,17,20)(H,18,19). The van der Waals surface area contributed by atoms with E-state index in [9.17, 15) is 9.59 Å². The van der Waals surface area contributed by atoms with Crippen molar-refractivity contribution in [2.75, 3.05) is 5.32 Å². The highest BCUT2D eigenvalue weighted by molar-refractivity contribution is 6.02. The number of carboxylic acids is 1. The normalized spacial score (nSPS) is 10.0. The third-order valence-electron chi connectivity index (χ3n) is 2.74. The molecule has 0 aliphatic carbocycles. The minimum Gasteiger partial charge on any atom is -0.481 e. The van der Waals surface area contributed by atoms with Crippen molar-refractivity contribution >= 4 is 17.6 Å². The largest absolute Gasteiger partial charge is 0.481 e. The molecule has 102 valence electrons. The highest BCUT2D eigenvalue weighted by atomic mass is 16.4. The summed E-state index contributed by atoms with van der Waals surface area (Å²) >= 11 is 0. The van der Waals surface area contributed by atoms with E-state index in [1.165, 1.54) is 0 Å². The van der Waals surface area contributed by atoms with Gasteiger partial charge in [0.05, 0.1) is 0 Å². The van der Waals surface area contributed by atoms with Crippen LogP contribution in [0.3, 0.4) is 0 Å². The second kappa shape index (κ2) is 6.47. The monoisotopic (exact) mass is 270 g/mol. The van der Waals surface area contributed by atoms with E-state index in [2.05, 4.69) is 10.3 Å². The Kier molecular flexibility index (Phi) is 4.44. The first-order chi connectivity index (χ1) is 9.65. The number of carbonyl (C=O) groups excluding carboxylic acids is 1. The molecule has 0 fully saturated rings. The summed E-state index contributed by atoms with van der Waals surface area (Å²) in [6, 6.07) is 12.2. The number of aromatic nitrogens is 1. The van der Waals surface area contributed by atoms with Crippen molar-refractivity contribution in [3.8, 4) is 0 Å². The van der Waals surface area contributed by atoms with Crippen molar-refractivity contribution < 1.29 is 14.7 Å². The number of amides is 1. The molecule has 5 nitrogen and oxygen atoms in total. The van der Waals surface area contributed by atoms with Gasteiger partial charge in [-0.15, -0.1) is 0 Å². The van der Waals surface area contributed by atoms with E-state index in [4.69, 9.17) is 5.11 Å². The smallest absolute Gasteiger partial charge is 0.303 e. The SMILES string of the molecule is O=C(O)CCc1ccc(NC(=O)c2ccccn2)cc1. The third-order valence-corrected chi connectivity index (χ3v) is 2.74. The fourth-order valence-corrected chi connectivity index (χ4v) is 1.70. The summed E-state index contributed by atoms with van der Waals surface area (Å²) < 4.78 is 0. The lowest BCUT2D eigenvalue weighted by molar-refractivity contribution is -0.136. The number of aryl methyl sites for hydroxylation is 1. The molecule has 0 bridgehead atoms. The minimum absolute atomic E-state index is 0.0969. The Morgan fingerprint density at radius 1 is 1.10 bits per heavy atom. The number of anilines is 1. The number of hydrogen-bond acceptors (Lipinski definition) is 3. The summed E-state index contributed by atoms with van der Waals surface area (Å²) in [6.45, 7) is 0. The number of nitrogens with zero attached hydrogens (tertiary/aromatic N) is 1. The molecule has 0 saturated heterocycles. The van der Waals surface area contributed by atoms with Gasteiger partial charge < -0.3 is 10.4 Å². The van der Waals surface area contributed by atoms with Crippen molar-refractivity contribution in [2.45, 2.75) is 12.8 Å². The van der Waals surface area contributed by atoms with Gasteiger partial charge in [0, 0.05) is 18.3 Å². The van der Waals surface area contributed by atoms with E-state index in [1.807, 2.05) is 0 Å². The lowest BCUT2D eigenvalue weighted by Crippen LogP contribution is -2.13. The maximum atomic E-state index is 11.9. The maximum absolute atomic E-state index is 11.9. The highest BCUT2D eigenvalue weighted by Gasteiger charge is 2.06. The Bertz CT molecular complexity index is 594. The summed E-state index contributed by atoms with van der Waals surface area (Å²) in [5, 5.41) is 11.3. The van der Waals surface area contributed by atoms with E-state index in [-0.39, 0.29) is 12.3 Å². The van der Waals surface area contributed by atoms with E-state index in [0.29, 0.717) is 17.8 Å². The van der Waals surface area contributed by atoms with Crippen LogP contribution in [0.15, 0.2) is 48.7 Å². The maximum Gasteiger partial charge on any atom is 0.303 e. The van der Waals surface area contributed by atoms with Crippen molar-refractivity contribution in [1.29, 1.82) is 0 Å². The molecule has 0 aliphatic heterocycles. The lowest BCUT2D eigenvalue weighted by Gasteiger charge is -2.05. The molecular weight excluding hydrogens is 256 g/mol. The van der Waals surface area contributed by atoms with Gasteiger partial charge in [-0.3, -0.25) is 14.6 Å². The molecule has 0 atom stereocenters. The Hall–Kier alpha value is -2.69. The Morgan fingerprint density at radius 3 is 2.45 bits per heavy atom. The predicted octanol–water partition coefficient (Wildman–Crippen LogP) is 2.35. The quantitative estimate of drug-likeness (QED) is 0.874. The number of benzene rings is 1. The predicted molar refractivity (Wildman–Crippen MR) is 74.6 cm³/mol. The molecule has 5 heteroatoms. The van der Waals surface area contributed by atoms with Gasteiger partial charge in [0.1, 0.15) is 5.69 Å². The molecule has 1 aromatic heterocycles. The van der Waals surface area contributed by atoms with Crippen molar-refractivity contribution in [3.63, 3.8) is 0 Å². The van der Waals surface area contributed by atoms with E-state index < -0.39 is 5.97 Å². The summed E-state index contributed by atoms with van der Waals surface area (Å²) in [5.41, 5.74) is 1.92. The number of aliphatic carboxylic acids is 1. The van der Waals surface area contributed by atoms with Crippen LogP contribution >= 0.6 is 0 Å². The van der Waals surface area contributed by atoms with Gasteiger partial charge >= 0.3 is 5.97 Å². The molecule has 2 N–H and O–H groups in total. The van der Waals surface area contributed by atoms with Crippen LogP contribution in [-0.2, 0) is 11.2 Å². The number of carbonyl (C=O) groups is 2. The summed E-state index contributed by atoms with van der Waals surface area (Å²) in [6.07, 6.45) is 2.13. The Morgan fingerprint density at radius 2 is 1.85 bits per heavy atom. The van der Waals surface area contributed by atoms with Gasteiger partial charge in [-0.1, -0.05) is 18.2 Å². The second-order valence-corrected chi connectivity index (χ2v) is 4.26. The van der Waals surface area contributed by atoms with Crippen LogP contribution in [0.5, 0.6) is 0 Å². The molecule has 0 saturated carbocycles. The summed E-state index contributed by atoms with van der Waals surface area (Å²) in [7, 11) is 0. The highest BCUT2D eigenvalue weighted by Crippen LogP contribution is 2.12. The second-order valence-electron chi connectivity index (χ2n) is 4.26. The molecule has 1 heterocycles. The van der Waals surface area contributed by atoms with Crippen LogP contribution in [0.2, 0.25) is 0 Å². The average Bonchev–Trinajstić information content (AvgIpc) is 2.47. The number of pyridine rings is 1. The van der Waals surface area contributed by atoms with E-state index in [0.717, 1.165) is 5.56 Å². The minimum atomic E-state index is -0.822. The molecule has 0 unspecified atom stereocenters. The van der Waals surface area contributed by atoms with Gasteiger partial charge in [-0.2, -0.15) is 0 Å². The molecular formula is C15H14N2O3. The van der Waals surface area contributed by atoms with Gasteiger partial charge in [-0.05, 0) is 36.2 Å². The van der Waals surface area contributed by atoms with Gasteiger partial charge in [0.15, 0.2) is 0 Å². The van der Waals surface area contributed by atoms with Crippen LogP contribution in [0.1, 0.15) is 22.5 Å². The molecule has 20 heavy (non-hydrogen) atoms. The number of hydrogen-bond donors (Lipinski definition) is 2.